The van der Waals surface area contributed by atoms with E-state index < -0.39 is 0 Å². The molecule has 0 aromatic carbocycles. The molecule has 12 heavy (non-hydrogen) atoms. The summed E-state index contributed by atoms with van der Waals surface area (Å²) in [6, 6.07) is 0. The highest BCUT2D eigenvalue weighted by Crippen LogP contribution is 2.13. The second-order valence-corrected chi connectivity index (χ2v) is 2.24. The number of amides is 2. The fraction of sp³-hybridized carbons (Fsp3) is 0.556. The normalized spacial score (nSPS) is 15.7. The first-order valence-electron chi connectivity index (χ1n) is 4.22. The van der Waals surface area contributed by atoms with Crippen LogP contribution in [0.25, 0.3) is 0 Å². The molecule has 0 spiro atoms. The zero-order valence-corrected chi connectivity index (χ0v) is 8.02. The smallest absolute Gasteiger partial charge is 0.254 e. The molecule has 0 fully saturated rings. The van der Waals surface area contributed by atoms with Crippen LogP contribution in [0.2, 0.25) is 0 Å². The van der Waals surface area contributed by atoms with Crippen LogP contribution >= 0.6 is 0 Å². The van der Waals surface area contributed by atoms with Gasteiger partial charge in [0.15, 0.2) is 0 Å². The van der Waals surface area contributed by atoms with E-state index in [0.717, 1.165) is 0 Å². The molecule has 3 nitrogen and oxygen atoms in total. The summed E-state index contributed by atoms with van der Waals surface area (Å²) in [6.45, 7) is 7.52. The summed E-state index contributed by atoms with van der Waals surface area (Å²) in [5.74, 6) is -0.480. The van der Waals surface area contributed by atoms with E-state index in [4.69, 9.17) is 0 Å². The lowest BCUT2D eigenvalue weighted by Gasteiger charge is -1.90. The SMILES string of the molecule is CC.CCC1=C(C)C(=O)NC1=O. The van der Waals surface area contributed by atoms with E-state index in [9.17, 15) is 9.59 Å². The average molecular weight is 169 g/mol. The topological polar surface area (TPSA) is 46.2 Å². The Balaban J connectivity index is 0.000000561. The Morgan fingerprint density at radius 3 is 1.83 bits per heavy atom. The van der Waals surface area contributed by atoms with Gasteiger partial charge in [0, 0.05) is 11.1 Å². The fourth-order valence-corrected chi connectivity index (χ4v) is 1.01. The van der Waals surface area contributed by atoms with Crippen molar-refractivity contribution in [2.45, 2.75) is 34.1 Å². The molecule has 2 amide bonds. The van der Waals surface area contributed by atoms with Crippen molar-refractivity contribution in [3.63, 3.8) is 0 Å². The van der Waals surface area contributed by atoms with Crippen molar-refractivity contribution in [3.05, 3.63) is 11.1 Å². The summed E-state index contributed by atoms with van der Waals surface area (Å²) in [5.41, 5.74) is 1.18. The van der Waals surface area contributed by atoms with Crippen LogP contribution in [0.3, 0.4) is 0 Å². The molecule has 68 valence electrons. The van der Waals surface area contributed by atoms with Gasteiger partial charge in [0.2, 0.25) is 0 Å². The van der Waals surface area contributed by atoms with Gasteiger partial charge in [0.1, 0.15) is 0 Å². The van der Waals surface area contributed by atoms with Crippen LogP contribution in [0.4, 0.5) is 0 Å². The second kappa shape index (κ2) is 4.70. The van der Waals surface area contributed by atoms with E-state index in [2.05, 4.69) is 5.32 Å². The Morgan fingerprint density at radius 2 is 1.67 bits per heavy atom. The maximum Gasteiger partial charge on any atom is 0.254 e. The van der Waals surface area contributed by atoms with E-state index >= 15 is 0 Å². The molecule has 0 saturated heterocycles. The summed E-state index contributed by atoms with van der Waals surface area (Å²) in [5, 5.41) is 2.22. The molecule has 1 rings (SSSR count). The lowest BCUT2D eigenvalue weighted by molar-refractivity contribution is -0.124. The van der Waals surface area contributed by atoms with Gasteiger partial charge < -0.3 is 0 Å². The molecule has 0 aromatic rings. The first-order chi connectivity index (χ1) is 5.66. The maximum absolute atomic E-state index is 10.8. The molecule has 0 bridgehead atoms. The van der Waals surface area contributed by atoms with Gasteiger partial charge in [0.05, 0.1) is 0 Å². The van der Waals surface area contributed by atoms with Gasteiger partial charge in [-0.25, -0.2) is 0 Å². The molecule has 0 aromatic heterocycles. The van der Waals surface area contributed by atoms with Crippen molar-refractivity contribution in [1.82, 2.24) is 5.32 Å². The van der Waals surface area contributed by atoms with E-state index in [-0.39, 0.29) is 11.8 Å². The van der Waals surface area contributed by atoms with Gasteiger partial charge in [-0.15, -0.1) is 0 Å². The summed E-state index contributed by atoms with van der Waals surface area (Å²) >= 11 is 0. The highest BCUT2D eigenvalue weighted by Gasteiger charge is 2.24. The molecular formula is C9H15NO2. The number of carbonyl (C=O) groups excluding carboxylic acids is 2. The third kappa shape index (κ3) is 1.94. The summed E-state index contributed by atoms with van der Waals surface area (Å²) in [4.78, 5) is 21.6. The minimum absolute atomic E-state index is 0.231. The molecule has 0 atom stereocenters. The van der Waals surface area contributed by atoms with Crippen molar-refractivity contribution >= 4 is 11.8 Å². The molecular weight excluding hydrogens is 154 g/mol. The summed E-state index contributed by atoms with van der Waals surface area (Å²) in [7, 11) is 0. The number of hydrogen-bond donors (Lipinski definition) is 1. The Kier molecular flexibility index (Phi) is 4.26. The second-order valence-electron chi connectivity index (χ2n) is 2.24. The van der Waals surface area contributed by atoms with Crippen LogP contribution in [-0.2, 0) is 9.59 Å². The first-order valence-corrected chi connectivity index (χ1v) is 4.22. The maximum atomic E-state index is 10.8. The van der Waals surface area contributed by atoms with Gasteiger partial charge in [-0.2, -0.15) is 0 Å². The van der Waals surface area contributed by atoms with E-state index in [1.807, 2.05) is 20.8 Å². The van der Waals surface area contributed by atoms with Crippen LogP contribution in [0.15, 0.2) is 11.1 Å². The Bertz CT molecular complexity index is 229. The van der Waals surface area contributed by atoms with Crippen molar-refractivity contribution in [2.24, 2.45) is 0 Å². The van der Waals surface area contributed by atoms with Crippen LogP contribution in [0.5, 0.6) is 0 Å². The van der Waals surface area contributed by atoms with Gasteiger partial charge in [-0.05, 0) is 13.3 Å². The minimum Gasteiger partial charge on any atom is -0.289 e. The number of hydrogen-bond acceptors (Lipinski definition) is 2. The molecule has 0 radical (unpaired) electrons. The molecule has 0 aliphatic carbocycles. The van der Waals surface area contributed by atoms with Gasteiger partial charge in [-0.3, -0.25) is 14.9 Å². The summed E-state index contributed by atoms with van der Waals surface area (Å²) < 4.78 is 0. The Morgan fingerprint density at radius 1 is 1.17 bits per heavy atom. The largest absolute Gasteiger partial charge is 0.289 e. The lowest BCUT2D eigenvalue weighted by Crippen LogP contribution is -2.22. The monoisotopic (exact) mass is 169 g/mol. The predicted molar refractivity (Wildman–Crippen MR) is 47.5 cm³/mol. The quantitative estimate of drug-likeness (QED) is 0.603. The number of imide groups is 1. The zero-order valence-electron chi connectivity index (χ0n) is 8.02. The van der Waals surface area contributed by atoms with Gasteiger partial charge in [-0.1, -0.05) is 20.8 Å². The van der Waals surface area contributed by atoms with Crippen molar-refractivity contribution in [1.29, 1.82) is 0 Å². The average Bonchev–Trinajstić information content (AvgIpc) is 2.31. The fourth-order valence-electron chi connectivity index (χ4n) is 1.01. The third-order valence-electron chi connectivity index (χ3n) is 1.65. The molecule has 1 N–H and O–H groups in total. The number of nitrogens with one attached hydrogen (secondary N) is 1. The van der Waals surface area contributed by atoms with Crippen molar-refractivity contribution in [3.8, 4) is 0 Å². The van der Waals surface area contributed by atoms with E-state index in [1.165, 1.54) is 0 Å². The molecule has 0 saturated carbocycles. The molecule has 1 aliphatic rings. The van der Waals surface area contributed by atoms with Crippen LogP contribution < -0.4 is 5.32 Å². The Labute approximate surface area is 72.8 Å². The molecule has 1 heterocycles. The van der Waals surface area contributed by atoms with Crippen molar-refractivity contribution < 1.29 is 9.59 Å². The Hall–Kier alpha value is -1.12. The highest BCUT2D eigenvalue weighted by atomic mass is 16.2. The van der Waals surface area contributed by atoms with Crippen LogP contribution in [0, 0.1) is 0 Å². The van der Waals surface area contributed by atoms with E-state index in [0.29, 0.717) is 17.6 Å². The van der Waals surface area contributed by atoms with Gasteiger partial charge in [0.25, 0.3) is 11.8 Å². The molecule has 0 unspecified atom stereocenters. The number of carbonyl (C=O) groups is 2. The van der Waals surface area contributed by atoms with Crippen LogP contribution in [0.1, 0.15) is 34.1 Å². The number of rotatable bonds is 1. The molecule has 3 heteroatoms. The van der Waals surface area contributed by atoms with E-state index in [1.54, 1.807) is 6.92 Å². The zero-order chi connectivity index (χ0) is 9.72. The lowest BCUT2D eigenvalue weighted by atomic mass is 10.1. The van der Waals surface area contributed by atoms with Gasteiger partial charge >= 0.3 is 0 Å². The minimum atomic E-state index is -0.248. The highest BCUT2D eigenvalue weighted by molar-refractivity contribution is 6.19. The van der Waals surface area contributed by atoms with Crippen LogP contribution in [-0.4, -0.2) is 11.8 Å². The third-order valence-corrected chi connectivity index (χ3v) is 1.65. The van der Waals surface area contributed by atoms with Crippen molar-refractivity contribution in [2.75, 3.05) is 0 Å². The molecule has 1 aliphatic heterocycles. The standard InChI is InChI=1S/C7H9NO2.C2H6/c1-3-5-4(2)6(9)8-7(5)10;1-2/h3H2,1-2H3,(H,8,9,10);1-2H3. The summed E-state index contributed by atoms with van der Waals surface area (Å²) in [6.07, 6.45) is 0.628. The first kappa shape index (κ1) is 10.9. The predicted octanol–water partition coefficient (Wildman–Crippen LogP) is 1.40.